The van der Waals surface area contributed by atoms with Crippen LogP contribution in [0.2, 0.25) is 0 Å². The number of amides is 1. The van der Waals surface area contributed by atoms with E-state index in [1.165, 1.54) is 12.4 Å². The fourth-order valence-corrected chi connectivity index (χ4v) is 3.19. The highest BCUT2D eigenvalue weighted by Crippen LogP contribution is 2.32. The molecule has 1 unspecified atom stereocenters. The van der Waals surface area contributed by atoms with Crippen LogP contribution in [0.25, 0.3) is 6.08 Å². The summed E-state index contributed by atoms with van der Waals surface area (Å²) in [6.45, 7) is 2.96. The summed E-state index contributed by atoms with van der Waals surface area (Å²) in [6, 6.07) is 5.49. The molecule has 0 spiro atoms. The van der Waals surface area contributed by atoms with Gasteiger partial charge in [0.25, 0.3) is 5.88 Å². The van der Waals surface area contributed by atoms with Crippen molar-refractivity contribution in [2.24, 2.45) is 0 Å². The van der Waals surface area contributed by atoms with Crippen molar-refractivity contribution in [2.45, 2.75) is 25.9 Å². The van der Waals surface area contributed by atoms with Gasteiger partial charge < -0.3 is 19.1 Å². The number of ether oxygens (including phenoxy) is 3. The van der Waals surface area contributed by atoms with Crippen LogP contribution in [0.3, 0.4) is 0 Å². The fourth-order valence-electron chi connectivity index (χ4n) is 3.19. The Morgan fingerprint density at radius 2 is 2.21 bits per heavy atom. The first kappa shape index (κ1) is 18.2. The van der Waals surface area contributed by atoms with Gasteiger partial charge in [-0.1, -0.05) is 13.0 Å². The zero-order chi connectivity index (χ0) is 19.5. The second-order valence-electron chi connectivity index (χ2n) is 6.55. The standard InChI is InChI=1S/C20H20FN3O4/c1-2-15-19(21)20(23-11-22-15)28-14-7-8-24(10-14)18(25)6-4-13-3-5-16-17(9-13)27-12-26-16/h3-6,9,11,14H,2,7-8,10,12H2,1H3/b6-4+. The van der Waals surface area contributed by atoms with Crippen LogP contribution >= 0.6 is 0 Å². The van der Waals surface area contributed by atoms with Gasteiger partial charge in [-0.3, -0.25) is 4.79 Å². The minimum Gasteiger partial charge on any atom is -0.470 e. The maximum Gasteiger partial charge on any atom is 0.254 e. The Kier molecular flexibility index (Phi) is 5.10. The minimum atomic E-state index is -0.530. The second kappa shape index (κ2) is 7.84. The van der Waals surface area contributed by atoms with Crippen molar-refractivity contribution in [3.8, 4) is 17.4 Å². The molecule has 7 nitrogen and oxygen atoms in total. The number of carbonyl (C=O) groups excluding carboxylic acids is 1. The lowest BCUT2D eigenvalue weighted by Gasteiger charge is -2.16. The third-order valence-corrected chi connectivity index (χ3v) is 4.71. The molecule has 146 valence electrons. The molecule has 1 aromatic heterocycles. The Morgan fingerprint density at radius 3 is 3.07 bits per heavy atom. The molecule has 2 aromatic rings. The van der Waals surface area contributed by atoms with Crippen LogP contribution in [0.4, 0.5) is 4.39 Å². The Hall–Kier alpha value is -3.16. The van der Waals surface area contributed by atoms with Crippen molar-refractivity contribution < 1.29 is 23.4 Å². The van der Waals surface area contributed by atoms with Gasteiger partial charge >= 0.3 is 0 Å². The third kappa shape index (κ3) is 3.76. The lowest BCUT2D eigenvalue weighted by Crippen LogP contribution is -2.29. The van der Waals surface area contributed by atoms with E-state index in [1.54, 1.807) is 11.0 Å². The van der Waals surface area contributed by atoms with Crippen LogP contribution < -0.4 is 14.2 Å². The predicted octanol–water partition coefficient (Wildman–Crippen LogP) is 2.60. The van der Waals surface area contributed by atoms with Crippen molar-refractivity contribution in [1.82, 2.24) is 14.9 Å². The van der Waals surface area contributed by atoms with Gasteiger partial charge in [-0.15, -0.1) is 0 Å². The summed E-state index contributed by atoms with van der Waals surface area (Å²) in [5.74, 6) is 0.662. The average molecular weight is 385 g/mol. The molecule has 1 saturated heterocycles. The summed E-state index contributed by atoms with van der Waals surface area (Å²) in [5, 5.41) is 0. The number of rotatable bonds is 5. The van der Waals surface area contributed by atoms with Gasteiger partial charge in [-0.25, -0.2) is 4.98 Å². The smallest absolute Gasteiger partial charge is 0.254 e. The van der Waals surface area contributed by atoms with Gasteiger partial charge in [-0.05, 0) is 30.2 Å². The van der Waals surface area contributed by atoms with Crippen molar-refractivity contribution in [1.29, 1.82) is 0 Å². The van der Waals surface area contributed by atoms with Crippen molar-refractivity contribution in [2.75, 3.05) is 19.9 Å². The first-order valence-corrected chi connectivity index (χ1v) is 9.16. The number of benzene rings is 1. The number of fused-ring (bicyclic) bond motifs is 1. The number of aryl methyl sites for hydroxylation is 1. The normalized spacial score (nSPS) is 18.1. The molecule has 2 aliphatic heterocycles. The highest BCUT2D eigenvalue weighted by atomic mass is 19.1. The molecular formula is C20H20FN3O4. The molecular weight excluding hydrogens is 365 g/mol. The van der Waals surface area contributed by atoms with Crippen LogP contribution in [0.5, 0.6) is 17.4 Å². The molecule has 3 heterocycles. The highest BCUT2D eigenvalue weighted by Gasteiger charge is 2.28. The van der Waals surface area contributed by atoms with Gasteiger partial charge in [0.2, 0.25) is 18.5 Å². The van der Waals surface area contributed by atoms with E-state index in [9.17, 15) is 9.18 Å². The maximum absolute atomic E-state index is 14.2. The number of likely N-dealkylation sites (tertiary alicyclic amines) is 1. The molecule has 0 N–H and O–H groups in total. The molecule has 0 aliphatic carbocycles. The molecule has 0 saturated carbocycles. The topological polar surface area (TPSA) is 73.8 Å². The highest BCUT2D eigenvalue weighted by molar-refractivity contribution is 5.92. The van der Waals surface area contributed by atoms with Gasteiger partial charge in [0.15, 0.2) is 11.5 Å². The molecule has 1 atom stereocenters. The lowest BCUT2D eigenvalue weighted by molar-refractivity contribution is -0.125. The van der Waals surface area contributed by atoms with Crippen LogP contribution in [-0.2, 0) is 11.2 Å². The van der Waals surface area contributed by atoms with Crippen molar-refractivity contribution in [3.05, 3.63) is 47.7 Å². The second-order valence-corrected chi connectivity index (χ2v) is 6.55. The molecule has 2 aliphatic rings. The summed E-state index contributed by atoms with van der Waals surface area (Å²) in [7, 11) is 0. The Bertz CT molecular complexity index is 918. The number of halogens is 1. The van der Waals surface area contributed by atoms with E-state index in [2.05, 4.69) is 9.97 Å². The molecule has 4 rings (SSSR count). The molecule has 1 fully saturated rings. The predicted molar refractivity (Wildman–Crippen MR) is 98.6 cm³/mol. The fraction of sp³-hybridized carbons (Fsp3) is 0.350. The summed E-state index contributed by atoms with van der Waals surface area (Å²) in [5.41, 5.74) is 1.17. The summed E-state index contributed by atoms with van der Waals surface area (Å²) in [4.78, 5) is 21.9. The van der Waals surface area contributed by atoms with E-state index in [-0.39, 0.29) is 24.7 Å². The summed E-state index contributed by atoms with van der Waals surface area (Å²) in [6.07, 6.45) is 5.33. The summed E-state index contributed by atoms with van der Waals surface area (Å²) >= 11 is 0. The zero-order valence-corrected chi connectivity index (χ0v) is 15.4. The molecule has 0 radical (unpaired) electrons. The van der Waals surface area contributed by atoms with Gasteiger partial charge in [0.1, 0.15) is 12.4 Å². The first-order chi connectivity index (χ1) is 13.6. The zero-order valence-electron chi connectivity index (χ0n) is 15.4. The Balaban J connectivity index is 1.35. The van der Waals surface area contributed by atoms with Crippen LogP contribution in [0.1, 0.15) is 24.6 Å². The van der Waals surface area contributed by atoms with Gasteiger partial charge in [-0.2, -0.15) is 9.37 Å². The van der Waals surface area contributed by atoms with E-state index < -0.39 is 5.82 Å². The maximum atomic E-state index is 14.2. The van der Waals surface area contributed by atoms with Gasteiger partial charge in [0.05, 0.1) is 12.2 Å². The lowest BCUT2D eigenvalue weighted by atomic mass is 10.2. The molecule has 28 heavy (non-hydrogen) atoms. The SMILES string of the molecule is CCc1ncnc(OC2CCN(C(=O)/C=C/c3ccc4c(c3)OCO4)C2)c1F. The third-order valence-electron chi connectivity index (χ3n) is 4.71. The summed E-state index contributed by atoms with van der Waals surface area (Å²) < 4.78 is 30.5. The number of hydrogen-bond acceptors (Lipinski definition) is 6. The van der Waals surface area contributed by atoms with E-state index in [1.807, 2.05) is 25.1 Å². The number of hydrogen-bond donors (Lipinski definition) is 0. The van der Waals surface area contributed by atoms with E-state index in [0.29, 0.717) is 43.1 Å². The first-order valence-electron chi connectivity index (χ1n) is 9.16. The van der Waals surface area contributed by atoms with Crippen LogP contribution in [0, 0.1) is 5.82 Å². The Morgan fingerprint density at radius 1 is 1.36 bits per heavy atom. The molecule has 0 bridgehead atoms. The van der Waals surface area contributed by atoms with Crippen molar-refractivity contribution >= 4 is 12.0 Å². The van der Waals surface area contributed by atoms with Gasteiger partial charge in [0, 0.05) is 19.0 Å². The molecule has 8 heteroatoms. The largest absolute Gasteiger partial charge is 0.470 e. The average Bonchev–Trinajstić information content (AvgIpc) is 3.36. The van der Waals surface area contributed by atoms with E-state index in [0.717, 1.165) is 5.56 Å². The van der Waals surface area contributed by atoms with Crippen LogP contribution in [0.15, 0.2) is 30.6 Å². The molecule has 1 amide bonds. The number of aromatic nitrogens is 2. The van der Waals surface area contributed by atoms with Crippen LogP contribution in [-0.4, -0.2) is 46.8 Å². The Labute approximate surface area is 161 Å². The van der Waals surface area contributed by atoms with E-state index in [4.69, 9.17) is 14.2 Å². The quantitative estimate of drug-likeness (QED) is 0.737. The van der Waals surface area contributed by atoms with E-state index >= 15 is 0 Å². The monoisotopic (exact) mass is 385 g/mol. The number of carbonyl (C=O) groups is 1. The van der Waals surface area contributed by atoms with Crippen molar-refractivity contribution in [3.63, 3.8) is 0 Å². The minimum absolute atomic E-state index is 0.0537. The molecule has 1 aromatic carbocycles. The number of nitrogens with zero attached hydrogens (tertiary/aromatic N) is 3.